The van der Waals surface area contributed by atoms with Gasteiger partial charge in [0.25, 0.3) is 0 Å². The number of hydrogen-bond donors (Lipinski definition) is 0. The molecule has 2 heterocycles. The number of rotatable bonds is 7. The van der Waals surface area contributed by atoms with Crippen molar-refractivity contribution in [3.8, 4) is 44.8 Å². The summed E-state index contributed by atoms with van der Waals surface area (Å²) < 4.78 is 12.9. The molecule has 4 nitrogen and oxygen atoms in total. The zero-order valence-electron chi connectivity index (χ0n) is 30.8. The number of anilines is 3. The number of aromatic nitrogens is 1. The minimum Gasteiger partial charge on any atom is -0.456 e. The fourth-order valence-electron chi connectivity index (χ4n) is 8.16. The number of para-hydroxylation sites is 2. The Balaban J connectivity index is 1.07. The lowest BCUT2D eigenvalue weighted by atomic mass is 9.97. The molecule has 9 aromatic carbocycles. The summed E-state index contributed by atoms with van der Waals surface area (Å²) in [5.41, 5.74) is 13.9. The Labute approximate surface area is 329 Å². The SMILES string of the molecule is c1ccc(-c2nc3c(-c4ccc(N(c5ccc(-c6ccc7ccccc7c6)cc5)c5ccccc5-c5ccccc5)cc4)c4c(cc3o2)oc2ccccc24)cc1. The zero-order chi connectivity index (χ0) is 37.7. The van der Waals surface area contributed by atoms with Gasteiger partial charge < -0.3 is 13.7 Å². The van der Waals surface area contributed by atoms with Gasteiger partial charge in [0.2, 0.25) is 5.89 Å². The van der Waals surface area contributed by atoms with E-state index in [1.165, 1.54) is 21.9 Å². The topological polar surface area (TPSA) is 42.4 Å². The molecule has 11 rings (SSSR count). The first-order valence-electron chi connectivity index (χ1n) is 19.2. The van der Waals surface area contributed by atoms with Gasteiger partial charge in [0.05, 0.1) is 5.69 Å². The van der Waals surface area contributed by atoms with Crippen molar-refractivity contribution >= 4 is 60.9 Å². The van der Waals surface area contributed by atoms with E-state index < -0.39 is 0 Å². The average Bonchev–Trinajstić information content (AvgIpc) is 3.88. The number of furan rings is 1. The molecule has 0 aliphatic carbocycles. The van der Waals surface area contributed by atoms with Gasteiger partial charge in [-0.15, -0.1) is 0 Å². The molecule has 0 amide bonds. The van der Waals surface area contributed by atoms with Crippen molar-refractivity contribution in [1.82, 2.24) is 4.98 Å². The van der Waals surface area contributed by atoms with E-state index in [2.05, 4.69) is 163 Å². The summed E-state index contributed by atoms with van der Waals surface area (Å²) in [4.78, 5) is 7.48. The van der Waals surface area contributed by atoms with E-state index in [0.717, 1.165) is 72.3 Å². The van der Waals surface area contributed by atoms with Gasteiger partial charge in [-0.1, -0.05) is 146 Å². The summed E-state index contributed by atoms with van der Waals surface area (Å²) >= 11 is 0. The van der Waals surface area contributed by atoms with Crippen LogP contribution >= 0.6 is 0 Å². The molecule has 0 spiro atoms. The third kappa shape index (κ3) is 5.74. The summed E-state index contributed by atoms with van der Waals surface area (Å²) in [7, 11) is 0. The van der Waals surface area contributed by atoms with Crippen LogP contribution in [0.3, 0.4) is 0 Å². The molecular formula is C53H34N2O2. The van der Waals surface area contributed by atoms with Crippen LogP contribution in [0.25, 0.3) is 88.6 Å². The number of benzene rings is 9. The Bertz CT molecular complexity index is 3220. The van der Waals surface area contributed by atoms with Gasteiger partial charge in [-0.3, -0.25) is 0 Å². The van der Waals surface area contributed by atoms with Gasteiger partial charge in [-0.05, 0) is 87.6 Å². The van der Waals surface area contributed by atoms with Crippen LogP contribution in [0.2, 0.25) is 0 Å². The van der Waals surface area contributed by atoms with Crippen molar-refractivity contribution in [2.45, 2.75) is 0 Å². The second-order valence-corrected chi connectivity index (χ2v) is 14.3. The monoisotopic (exact) mass is 730 g/mol. The van der Waals surface area contributed by atoms with Crippen LogP contribution in [0.4, 0.5) is 17.1 Å². The molecule has 0 saturated carbocycles. The van der Waals surface area contributed by atoms with Crippen LogP contribution in [0.1, 0.15) is 0 Å². The predicted octanol–water partition coefficient (Wildman–Crippen LogP) is 15.0. The maximum atomic E-state index is 6.44. The standard InChI is InChI=1S/C53H34N2O2/c1-3-14-37(15-4-1)44-19-9-11-21-46(44)55(42-29-25-36(26-30-42)41-24-23-35-13-7-8-18-40(35)33-41)43-31-27-38(28-32-43)50-51-45-20-10-12-22-47(45)56-48(51)34-49-52(50)54-53(57-49)39-16-5-2-6-17-39/h1-34H. The highest BCUT2D eigenvalue weighted by Gasteiger charge is 2.23. The summed E-state index contributed by atoms with van der Waals surface area (Å²) in [6.45, 7) is 0. The molecule has 57 heavy (non-hydrogen) atoms. The lowest BCUT2D eigenvalue weighted by Crippen LogP contribution is -2.11. The number of oxazole rings is 1. The minimum atomic E-state index is 0.580. The van der Waals surface area contributed by atoms with Crippen molar-refractivity contribution in [2.24, 2.45) is 0 Å². The first kappa shape index (κ1) is 32.7. The van der Waals surface area contributed by atoms with Crippen molar-refractivity contribution in [1.29, 1.82) is 0 Å². The van der Waals surface area contributed by atoms with Crippen LogP contribution in [-0.4, -0.2) is 4.98 Å². The van der Waals surface area contributed by atoms with Crippen LogP contribution in [0.5, 0.6) is 0 Å². The third-order valence-electron chi connectivity index (χ3n) is 10.9. The Morgan fingerprint density at radius 2 is 1.00 bits per heavy atom. The van der Waals surface area contributed by atoms with E-state index in [1.54, 1.807) is 0 Å². The number of hydrogen-bond acceptors (Lipinski definition) is 4. The summed E-state index contributed by atoms with van der Waals surface area (Å²) in [5, 5.41) is 4.54. The van der Waals surface area contributed by atoms with Crippen LogP contribution in [-0.2, 0) is 0 Å². The fraction of sp³-hybridized carbons (Fsp3) is 0. The van der Waals surface area contributed by atoms with Crippen molar-refractivity contribution in [3.63, 3.8) is 0 Å². The van der Waals surface area contributed by atoms with E-state index in [9.17, 15) is 0 Å². The van der Waals surface area contributed by atoms with Gasteiger partial charge in [-0.2, -0.15) is 0 Å². The molecule has 0 fully saturated rings. The zero-order valence-corrected chi connectivity index (χ0v) is 30.8. The van der Waals surface area contributed by atoms with E-state index in [1.807, 2.05) is 48.5 Å². The summed E-state index contributed by atoms with van der Waals surface area (Å²) in [6.07, 6.45) is 0. The molecule has 0 aliphatic rings. The smallest absolute Gasteiger partial charge is 0.227 e. The molecule has 0 N–H and O–H groups in total. The van der Waals surface area contributed by atoms with Crippen LogP contribution < -0.4 is 4.90 Å². The summed E-state index contributed by atoms with van der Waals surface area (Å²) in [6, 6.07) is 72.3. The highest BCUT2D eigenvalue weighted by atomic mass is 16.4. The highest BCUT2D eigenvalue weighted by molar-refractivity contribution is 6.19. The van der Waals surface area contributed by atoms with E-state index in [-0.39, 0.29) is 0 Å². The molecule has 4 heteroatoms. The van der Waals surface area contributed by atoms with Gasteiger partial charge in [0.15, 0.2) is 5.58 Å². The molecule has 0 bridgehead atoms. The lowest BCUT2D eigenvalue weighted by Gasteiger charge is -2.28. The minimum absolute atomic E-state index is 0.580. The quantitative estimate of drug-likeness (QED) is 0.164. The lowest BCUT2D eigenvalue weighted by molar-refractivity contribution is 0.617. The second kappa shape index (κ2) is 13.6. The Morgan fingerprint density at radius 1 is 0.386 bits per heavy atom. The molecule has 0 saturated heterocycles. The van der Waals surface area contributed by atoms with Crippen molar-refractivity contribution in [2.75, 3.05) is 4.90 Å². The van der Waals surface area contributed by atoms with Crippen LogP contribution in [0, 0.1) is 0 Å². The Kier molecular flexibility index (Phi) is 7.78. The normalized spacial score (nSPS) is 11.5. The average molecular weight is 731 g/mol. The molecule has 2 aromatic heterocycles. The number of nitrogens with zero attached hydrogens (tertiary/aromatic N) is 2. The molecular weight excluding hydrogens is 697 g/mol. The molecule has 11 aromatic rings. The number of fused-ring (bicyclic) bond motifs is 5. The van der Waals surface area contributed by atoms with Crippen molar-refractivity contribution < 1.29 is 8.83 Å². The summed E-state index contributed by atoms with van der Waals surface area (Å²) in [5.74, 6) is 0.580. The molecule has 0 radical (unpaired) electrons. The van der Waals surface area contributed by atoms with Gasteiger partial charge in [0.1, 0.15) is 16.7 Å². The Hall–Kier alpha value is -7.69. The van der Waals surface area contributed by atoms with Crippen LogP contribution in [0.15, 0.2) is 215 Å². The van der Waals surface area contributed by atoms with Gasteiger partial charge in [-0.25, -0.2) is 4.98 Å². The third-order valence-corrected chi connectivity index (χ3v) is 10.9. The van der Waals surface area contributed by atoms with Gasteiger partial charge in [0, 0.05) is 44.9 Å². The van der Waals surface area contributed by atoms with Crippen molar-refractivity contribution in [3.05, 3.63) is 206 Å². The molecule has 0 atom stereocenters. The molecule has 0 aliphatic heterocycles. The first-order valence-corrected chi connectivity index (χ1v) is 19.2. The highest BCUT2D eigenvalue weighted by Crippen LogP contribution is 2.45. The maximum Gasteiger partial charge on any atom is 0.227 e. The van der Waals surface area contributed by atoms with E-state index in [0.29, 0.717) is 11.5 Å². The van der Waals surface area contributed by atoms with E-state index in [4.69, 9.17) is 13.8 Å². The van der Waals surface area contributed by atoms with E-state index >= 15 is 0 Å². The first-order chi connectivity index (χ1) is 28.2. The van der Waals surface area contributed by atoms with Gasteiger partial charge >= 0.3 is 0 Å². The predicted molar refractivity (Wildman–Crippen MR) is 235 cm³/mol. The fourth-order valence-corrected chi connectivity index (χ4v) is 8.16. The largest absolute Gasteiger partial charge is 0.456 e. The molecule has 268 valence electrons. The Morgan fingerprint density at radius 3 is 1.77 bits per heavy atom. The maximum absolute atomic E-state index is 6.44. The second-order valence-electron chi connectivity index (χ2n) is 14.3. The molecule has 0 unspecified atom stereocenters.